The van der Waals surface area contributed by atoms with E-state index < -0.39 is 0 Å². The molecule has 0 saturated carbocycles. The summed E-state index contributed by atoms with van der Waals surface area (Å²) in [4.78, 5) is 12.5. The van der Waals surface area contributed by atoms with Gasteiger partial charge in [0.15, 0.2) is 0 Å². The molecule has 2 aromatic rings. The van der Waals surface area contributed by atoms with Crippen molar-refractivity contribution in [3.05, 3.63) is 24.2 Å². The van der Waals surface area contributed by atoms with E-state index in [0.717, 1.165) is 5.56 Å². The summed E-state index contributed by atoms with van der Waals surface area (Å²) >= 11 is 0. The molecule has 0 aliphatic carbocycles. The van der Waals surface area contributed by atoms with Gasteiger partial charge in [-0.25, -0.2) is 0 Å². The molecule has 0 amide bonds. The second kappa shape index (κ2) is 6.03. The SMILES string of the molecule is CNc1nc(NCc2ccoc2)nc(OC(C)C)n1. The highest BCUT2D eigenvalue weighted by atomic mass is 16.5. The molecule has 0 radical (unpaired) electrons. The maximum atomic E-state index is 5.47. The largest absolute Gasteiger partial charge is 0.472 e. The second-order valence-electron chi connectivity index (χ2n) is 4.17. The number of anilines is 2. The Hall–Kier alpha value is -2.31. The molecule has 7 nitrogen and oxygen atoms in total. The monoisotopic (exact) mass is 263 g/mol. The molecule has 2 aromatic heterocycles. The van der Waals surface area contributed by atoms with Crippen LogP contribution in [0.5, 0.6) is 6.01 Å². The van der Waals surface area contributed by atoms with Gasteiger partial charge in [-0.15, -0.1) is 0 Å². The molecule has 0 atom stereocenters. The van der Waals surface area contributed by atoms with Crippen molar-refractivity contribution in [2.45, 2.75) is 26.5 Å². The number of nitrogens with one attached hydrogen (secondary N) is 2. The molecule has 0 unspecified atom stereocenters. The summed E-state index contributed by atoms with van der Waals surface area (Å²) in [6, 6.07) is 2.17. The average molecular weight is 263 g/mol. The normalized spacial score (nSPS) is 10.5. The lowest BCUT2D eigenvalue weighted by molar-refractivity contribution is 0.222. The smallest absolute Gasteiger partial charge is 0.323 e. The second-order valence-corrected chi connectivity index (χ2v) is 4.17. The quantitative estimate of drug-likeness (QED) is 0.823. The fourth-order valence-corrected chi connectivity index (χ4v) is 1.39. The molecule has 2 rings (SSSR count). The van der Waals surface area contributed by atoms with E-state index in [-0.39, 0.29) is 6.10 Å². The van der Waals surface area contributed by atoms with Crippen molar-refractivity contribution < 1.29 is 9.15 Å². The molecule has 0 spiro atoms. The predicted molar refractivity (Wildman–Crippen MR) is 71.2 cm³/mol. The number of furan rings is 1. The van der Waals surface area contributed by atoms with Crippen molar-refractivity contribution in [2.75, 3.05) is 17.7 Å². The first-order chi connectivity index (χ1) is 9.17. The average Bonchev–Trinajstić information content (AvgIpc) is 2.88. The number of hydrogen-bond donors (Lipinski definition) is 2. The molecule has 0 saturated heterocycles. The molecule has 19 heavy (non-hydrogen) atoms. The number of hydrogen-bond acceptors (Lipinski definition) is 7. The lowest BCUT2D eigenvalue weighted by atomic mass is 10.3. The fourth-order valence-electron chi connectivity index (χ4n) is 1.39. The first-order valence-electron chi connectivity index (χ1n) is 6.03. The molecule has 2 heterocycles. The number of nitrogens with zero attached hydrogens (tertiary/aromatic N) is 3. The Bertz CT molecular complexity index is 513. The lowest BCUT2D eigenvalue weighted by Crippen LogP contribution is -2.12. The van der Waals surface area contributed by atoms with E-state index in [2.05, 4.69) is 25.6 Å². The number of rotatable bonds is 6. The van der Waals surface area contributed by atoms with E-state index in [4.69, 9.17) is 9.15 Å². The van der Waals surface area contributed by atoms with Crippen molar-refractivity contribution >= 4 is 11.9 Å². The molecule has 0 aromatic carbocycles. The van der Waals surface area contributed by atoms with Crippen LogP contribution in [0, 0.1) is 0 Å². The fraction of sp³-hybridized carbons (Fsp3) is 0.417. The summed E-state index contributed by atoms with van der Waals surface area (Å²) in [5.41, 5.74) is 1.01. The minimum Gasteiger partial charge on any atom is -0.472 e. The van der Waals surface area contributed by atoms with Crippen LogP contribution in [0.2, 0.25) is 0 Å². The van der Waals surface area contributed by atoms with Gasteiger partial charge in [0.25, 0.3) is 0 Å². The van der Waals surface area contributed by atoms with Crippen LogP contribution in [0.1, 0.15) is 19.4 Å². The molecular weight excluding hydrogens is 246 g/mol. The highest BCUT2D eigenvalue weighted by Crippen LogP contribution is 2.13. The van der Waals surface area contributed by atoms with Gasteiger partial charge in [0.1, 0.15) is 0 Å². The summed E-state index contributed by atoms with van der Waals surface area (Å²) in [7, 11) is 1.74. The van der Waals surface area contributed by atoms with E-state index in [9.17, 15) is 0 Å². The van der Waals surface area contributed by atoms with Gasteiger partial charge in [-0.1, -0.05) is 0 Å². The molecule has 0 fully saturated rings. The van der Waals surface area contributed by atoms with Crippen LogP contribution in [0.4, 0.5) is 11.9 Å². The first-order valence-corrected chi connectivity index (χ1v) is 6.03. The van der Waals surface area contributed by atoms with Crippen LogP contribution in [-0.4, -0.2) is 28.1 Å². The zero-order chi connectivity index (χ0) is 13.7. The van der Waals surface area contributed by atoms with Crippen molar-refractivity contribution in [3.63, 3.8) is 0 Å². The Morgan fingerprint density at radius 3 is 2.68 bits per heavy atom. The molecule has 0 bridgehead atoms. The minimum absolute atomic E-state index is 0.00818. The zero-order valence-electron chi connectivity index (χ0n) is 11.2. The zero-order valence-corrected chi connectivity index (χ0v) is 11.2. The third kappa shape index (κ3) is 3.84. The third-order valence-corrected chi connectivity index (χ3v) is 2.21. The van der Waals surface area contributed by atoms with Gasteiger partial charge in [-0.2, -0.15) is 15.0 Å². The van der Waals surface area contributed by atoms with Crippen LogP contribution in [-0.2, 0) is 6.54 Å². The van der Waals surface area contributed by atoms with Gasteiger partial charge in [-0.05, 0) is 19.9 Å². The summed E-state index contributed by atoms with van der Waals surface area (Å²) in [6.45, 7) is 4.41. The van der Waals surface area contributed by atoms with Gasteiger partial charge in [0, 0.05) is 19.2 Å². The van der Waals surface area contributed by atoms with Crippen LogP contribution < -0.4 is 15.4 Å². The minimum atomic E-state index is 0.00818. The summed E-state index contributed by atoms with van der Waals surface area (Å²) in [6.07, 6.45) is 3.30. The van der Waals surface area contributed by atoms with Gasteiger partial charge in [0.05, 0.1) is 18.6 Å². The maximum Gasteiger partial charge on any atom is 0.323 e. The number of ether oxygens (including phenoxy) is 1. The van der Waals surface area contributed by atoms with Gasteiger partial charge in [-0.3, -0.25) is 0 Å². The lowest BCUT2D eigenvalue weighted by Gasteiger charge is -2.10. The van der Waals surface area contributed by atoms with Crippen molar-refractivity contribution in [1.29, 1.82) is 0 Å². The van der Waals surface area contributed by atoms with E-state index in [1.165, 1.54) is 0 Å². The Labute approximate surface area is 111 Å². The summed E-state index contributed by atoms with van der Waals surface area (Å²) < 4.78 is 10.5. The summed E-state index contributed by atoms with van der Waals surface area (Å²) in [5.74, 6) is 0.913. The van der Waals surface area contributed by atoms with Crippen molar-refractivity contribution in [1.82, 2.24) is 15.0 Å². The topological polar surface area (TPSA) is 85.1 Å². The molecule has 7 heteroatoms. The van der Waals surface area contributed by atoms with E-state index in [0.29, 0.717) is 24.5 Å². The Kier molecular flexibility index (Phi) is 4.17. The number of aromatic nitrogens is 3. The summed E-state index contributed by atoms with van der Waals surface area (Å²) in [5, 5.41) is 5.97. The Morgan fingerprint density at radius 2 is 2.05 bits per heavy atom. The Balaban J connectivity index is 2.09. The highest BCUT2D eigenvalue weighted by Gasteiger charge is 2.08. The Morgan fingerprint density at radius 1 is 1.26 bits per heavy atom. The van der Waals surface area contributed by atoms with Crippen LogP contribution in [0.15, 0.2) is 23.0 Å². The molecular formula is C12H17N5O2. The molecule has 0 aliphatic heterocycles. The van der Waals surface area contributed by atoms with Gasteiger partial charge < -0.3 is 19.8 Å². The van der Waals surface area contributed by atoms with Crippen molar-refractivity contribution in [3.8, 4) is 6.01 Å². The molecule has 2 N–H and O–H groups in total. The third-order valence-electron chi connectivity index (χ3n) is 2.21. The van der Waals surface area contributed by atoms with Crippen molar-refractivity contribution in [2.24, 2.45) is 0 Å². The highest BCUT2D eigenvalue weighted by molar-refractivity contribution is 5.35. The van der Waals surface area contributed by atoms with E-state index in [1.54, 1.807) is 19.6 Å². The molecule has 102 valence electrons. The molecule has 0 aliphatic rings. The standard InChI is InChI=1S/C12H17N5O2/c1-8(2)19-12-16-10(13-3)15-11(17-12)14-6-9-4-5-18-7-9/h4-5,7-8H,6H2,1-3H3,(H2,13,14,15,16,17). The maximum absolute atomic E-state index is 5.47. The van der Waals surface area contributed by atoms with Gasteiger partial charge in [0.2, 0.25) is 11.9 Å². The van der Waals surface area contributed by atoms with E-state index in [1.807, 2.05) is 19.9 Å². The van der Waals surface area contributed by atoms with E-state index >= 15 is 0 Å². The van der Waals surface area contributed by atoms with Crippen LogP contribution in [0.25, 0.3) is 0 Å². The van der Waals surface area contributed by atoms with Crippen LogP contribution >= 0.6 is 0 Å². The predicted octanol–water partition coefficient (Wildman–Crippen LogP) is 1.91. The first kappa shape index (κ1) is 13.1. The van der Waals surface area contributed by atoms with Crippen LogP contribution in [0.3, 0.4) is 0 Å². The van der Waals surface area contributed by atoms with Gasteiger partial charge >= 0.3 is 6.01 Å².